The minimum Gasteiger partial charge on any atom is -0.366 e. The Bertz CT molecular complexity index is 1780. The van der Waals surface area contributed by atoms with Crippen LogP contribution in [0.15, 0.2) is 94.4 Å². The number of nitrogens with one attached hydrogen (secondary N) is 2. The van der Waals surface area contributed by atoms with E-state index in [1.54, 1.807) is 22.8 Å². The second kappa shape index (κ2) is 10.9. The highest BCUT2D eigenvalue weighted by Crippen LogP contribution is 2.30. The SMILES string of the molecule is N#Cc1cccc(S(=O)(=O)NCc2ccc(CNc3cc(-c4ccccc4Cl)nc4c(Br)cnn34)cc2)c1. The van der Waals surface area contributed by atoms with E-state index in [1.807, 2.05) is 60.7 Å². The molecule has 11 heteroatoms. The summed E-state index contributed by atoms with van der Waals surface area (Å²) in [4.78, 5) is 4.78. The first kappa shape index (κ1) is 25.9. The van der Waals surface area contributed by atoms with Crippen molar-refractivity contribution < 1.29 is 8.42 Å². The molecular formula is C27H20BrClN6O2S. The summed E-state index contributed by atoms with van der Waals surface area (Å²) in [6.45, 7) is 0.631. The fourth-order valence-electron chi connectivity index (χ4n) is 3.83. The summed E-state index contributed by atoms with van der Waals surface area (Å²) in [7, 11) is -3.74. The predicted octanol–water partition coefficient (Wildman–Crippen LogP) is 5.77. The van der Waals surface area contributed by atoms with E-state index in [0.29, 0.717) is 17.2 Å². The number of halogens is 2. The summed E-state index contributed by atoms with van der Waals surface area (Å²) >= 11 is 9.93. The van der Waals surface area contributed by atoms with Gasteiger partial charge in [0.15, 0.2) is 5.65 Å². The second-order valence-corrected chi connectivity index (χ2v) is 11.4. The lowest BCUT2D eigenvalue weighted by Crippen LogP contribution is -2.23. The third-order valence-corrected chi connectivity index (χ3v) is 8.10. The fraction of sp³-hybridized carbons (Fsp3) is 0.0741. The number of fused-ring (bicyclic) bond motifs is 1. The number of hydrogen-bond donors (Lipinski definition) is 2. The van der Waals surface area contributed by atoms with Gasteiger partial charge in [-0.15, -0.1) is 0 Å². The summed E-state index contributed by atoms with van der Waals surface area (Å²) in [6, 6.07) is 24.9. The van der Waals surface area contributed by atoms with Gasteiger partial charge in [-0.05, 0) is 51.3 Å². The van der Waals surface area contributed by atoms with E-state index in [0.717, 1.165) is 32.7 Å². The van der Waals surface area contributed by atoms with Crippen molar-refractivity contribution in [1.29, 1.82) is 5.26 Å². The van der Waals surface area contributed by atoms with Gasteiger partial charge in [0.1, 0.15) is 5.82 Å². The number of nitriles is 1. The monoisotopic (exact) mass is 606 g/mol. The van der Waals surface area contributed by atoms with Gasteiger partial charge >= 0.3 is 0 Å². The maximum atomic E-state index is 12.6. The molecule has 0 amide bonds. The standard InChI is InChI=1S/C27H20BrClN6O2S/c28-23-17-32-35-26(13-25(34-27(23)35)22-6-1-2-7-24(22)29)31-15-18-8-10-19(11-9-18)16-33-38(36,37)21-5-3-4-20(12-21)14-30/h1-13,17,31,33H,15-16H2. The van der Waals surface area contributed by atoms with Crippen molar-refractivity contribution >= 4 is 49.0 Å². The van der Waals surface area contributed by atoms with Gasteiger partial charge in [-0.2, -0.15) is 14.9 Å². The molecule has 2 heterocycles. The van der Waals surface area contributed by atoms with Crippen LogP contribution in [-0.2, 0) is 23.1 Å². The third-order valence-electron chi connectivity index (χ3n) is 5.81. The van der Waals surface area contributed by atoms with E-state index < -0.39 is 10.0 Å². The Labute approximate surface area is 233 Å². The summed E-state index contributed by atoms with van der Waals surface area (Å²) in [6.07, 6.45) is 1.69. The third kappa shape index (κ3) is 5.56. The largest absolute Gasteiger partial charge is 0.366 e. The molecule has 0 fully saturated rings. The highest BCUT2D eigenvalue weighted by Gasteiger charge is 2.15. The van der Waals surface area contributed by atoms with Gasteiger partial charge in [-0.25, -0.2) is 18.1 Å². The Morgan fingerprint density at radius 1 is 0.974 bits per heavy atom. The highest BCUT2D eigenvalue weighted by molar-refractivity contribution is 9.10. The average molecular weight is 608 g/mol. The zero-order valence-corrected chi connectivity index (χ0v) is 22.9. The smallest absolute Gasteiger partial charge is 0.240 e. The van der Waals surface area contributed by atoms with Gasteiger partial charge in [-0.1, -0.05) is 60.1 Å². The number of nitrogens with zero attached hydrogens (tertiary/aromatic N) is 4. The second-order valence-electron chi connectivity index (χ2n) is 8.37. The van der Waals surface area contributed by atoms with Crippen LogP contribution in [-0.4, -0.2) is 23.0 Å². The van der Waals surface area contributed by atoms with E-state index in [9.17, 15) is 8.42 Å². The minimum atomic E-state index is -3.74. The zero-order chi connectivity index (χ0) is 26.7. The molecule has 2 N–H and O–H groups in total. The van der Waals surface area contributed by atoms with E-state index in [-0.39, 0.29) is 17.0 Å². The normalized spacial score (nSPS) is 11.4. The Morgan fingerprint density at radius 3 is 2.45 bits per heavy atom. The lowest BCUT2D eigenvalue weighted by molar-refractivity contribution is 0.581. The molecule has 8 nitrogen and oxygen atoms in total. The molecule has 190 valence electrons. The van der Waals surface area contributed by atoms with Crippen molar-refractivity contribution in [2.45, 2.75) is 18.0 Å². The summed E-state index contributed by atoms with van der Waals surface area (Å²) in [5.74, 6) is 0.743. The molecule has 5 aromatic rings. The van der Waals surface area contributed by atoms with Gasteiger partial charge < -0.3 is 5.32 Å². The summed E-state index contributed by atoms with van der Waals surface area (Å²) in [5.41, 5.74) is 4.28. The Balaban J connectivity index is 1.30. The quantitative estimate of drug-likeness (QED) is 0.232. The molecule has 0 aliphatic heterocycles. The molecule has 0 bridgehead atoms. The summed E-state index contributed by atoms with van der Waals surface area (Å²) in [5, 5.41) is 17.5. The molecular weight excluding hydrogens is 588 g/mol. The lowest BCUT2D eigenvalue weighted by Gasteiger charge is -2.12. The predicted molar refractivity (Wildman–Crippen MR) is 150 cm³/mol. The van der Waals surface area contributed by atoms with Crippen LogP contribution < -0.4 is 10.0 Å². The number of hydrogen-bond acceptors (Lipinski definition) is 6. The van der Waals surface area contributed by atoms with Crippen LogP contribution in [0.5, 0.6) is 0 Å². The van der Waals surface area contributed by atoms with Crippen molar-refractivity contribution in [2.75, 3.05) is 5.32 Å². The lowest BCUT2D eigenvalue weighted by atomic mass is 10.1. The molecule has 0 spiro atoms. The van der Waals surface area contributed by atoms with Gasteiger partial charge in [0, 0.05) is 29.7 Å². The van der Waals surface area contributed by atoms with Gasteiger partial charge in [0.2, 0.25) is 10.0 Å². The van der Waals surface area contributed by atoms with E-state index in [2.05, 4.69) is 31.1 Å². The number of rotatable bonds is 8. The van der Waals surface area contributed by atoms with Crippen molar-refractivity contribution in [3.63, 3.8) is 0 Å². The van der Waals surface area contributed by atoms with Crippen molar-refractivity contribution in [2.24, 2.45) is 0 Å². The van der Waals surface area contributed by atoms with Crippen LogP contribution in [0.1, 0.15) is 16.7 Å². The topological polar surface area (TPSA) is 112 Å². The van der Waals surface area contributed by atoms with E-state index in [4.69, 9.17) is 21.8 Å². The molecule has 0 unspecified atom stereocenters. The number of aromatic nitrogens is 3. The van der Waals surface area contributed by atoms with E-state index >= 15 is 0 Å². The highest BCUT2D eigenvalue weighted by atomic mass is 79.9. The van der Waals surface area contributed by atoms with Crippen LogP contribution in [0.3, 0.4) is 0 Å². The minimum absolute atomic E-state index is 0.0578. The van der Waals surface area contributed by atoms with Crippen LogP contribution >= 0.6 is 27.5 Å². The Kier molecular flexibility index (Phi) is 7.44. The molecule has 0 radical (unpaired) electrons. The molecule has 5 rings (SSSR count). The number of anilines is 1. The molecule has 0 aliphatic carbocycles. The van der Waals surface area contributed by atoms with E-state index in [1.165, 1.54) is 12.1 Å². The van der Waals surface area contributed by atoms with Crippen molar-refractivity contribution in [3.8, 4) is 17.3 Å². The number of sulfonamides is 1. The van der Waals surface area contributed by atoms with Crippen LogP contribution in [0, 0.1) is 11.3 Å². The first-order chi connectivity index (χ1) is 18.3. The molecule has 0 saturated carbocycles. The van der Waals surface area contributed by atoms with Crippen LogP contribution in [0.25, 0.3) is 16.9 Å². The number of benzene rings is 3. The van der Waals surface area contributed by atoms with Crippen LogP contribution in [0.4, 0.5) is 5.82 Å². The van der Waals surface area contributed by atoms with Gasteiger partial charge in [0.25, 0.3) is 0 Å². The Morgan fingerprint density at radius 2 is 1.71 bits per heavy atom. The first-order valence-corrected chi connectivity index (χ1v) is 14.1. The average Bonchev–Trinajstić information content (AvgIpc) is 3.32. The maximum Gasteiger partial charge on any atom is 0.240 e. The van der Waals surface area contributed by atoms with Crippen LogP contribution in [0.2, 0.25) is 5.02 Å². The van der Waals surface area contributed by atoms with Gasteiger partial charge in [0.05, 0.1) is 32.9 Å². The first-order valence-electron chi connectivity index (χ1n) is 11.4. The van der Waals surface area contributed by atoms with Crippen molar-refractivity contribution in [1.82, 2.24) is 19.3 Å². The molecule has 0 saturated heterocycles. The fourth-order valence-corrected chi connectivity index (χ4v) is 5.47. The van der Waals surface area contributed by atoms with Crippen molar-refractivity contribution in [3.05, 3.63) is 111 Å². The Hall–Kier alpha value is -3.75. The molecule has 2 aromatic heterocycles. The summed E-state index contributed by atoms with van der Waals surface area (Å²) < 4.78 is 30.3. The molecule has 3 aromatic carbocycles. The van der Waals surface area contributed by atoms with Gasteiger partial charge in [-0.3, -0.25) is 0 Å². The molecule has 0 atom stereocenters. The zero-order valence-electron chi connectivity index (χ0n) is 19.8. The maximum absolute atomic E-state index is 12.6. The molecule has 0 aliphatic rings. The molecule has 38 heavy (non-hydrogen) atoms.